The lowest BCUT2D eigenvalue weighted by atomic mass is 10.1. The molecular weight excluding hydrogens is 593 g/mol. The quantitative estimate of drug-likeness (QED) is 0.270. The number of hydrogen-bond acceptors (Lipinski definition) is 8. The number of hydrogen-bond donors (Lipinski definition) is 1. The summed E-state index contributed by atoms with van der Waals surface area (Å²) in [4.78, 5) is 34.4. The lowest BCUT2D eigenvalue weighted by Gasteiger charge is -2.32. The van der Waals surface area contributed by atoms with Gasteiger partial charge in [-0.25, -0.2) is 9.78 Å². The number of methoxy groups -OCH3 is 2. The maximum atomic E-state index is 14.1. The molecule has 3 aromatic heterocycles. The topological polar surface area (TPSA) is 122 Å². The molecule has 1 fully saturated rings. The highest BCUT2D eigenvalue weighted by Gasteiger charge is 2.30. The van der Waals surface area contributed by atoms with Gasteiger partial charge in [-0.15, -0.1) is 12.4 Å². The largest absolute Gasteiger partial charge is 0.497 e. The molecule has 1 aliphatic rings. The summed E-state index contributed by atoms with van der Waals surface area (Å²) in [6.07, 6.45) is 1.83. The van der Waals surface area contributed by atoms with Crippen molar-refractivity contribution in [1.29, 1.82) is 0 Å². The van der Waals surface area contributed by atoms with Crippen molar-refractivity contribution in [1.82, 2.24) is 23.9 Å². The fourth-order valence-electron chi connectivity index (χ4n) is 5.71. The third-order valence-electron chi connectivity index (χ3n) is 7.84. The Hall–Kier alpha value is -4.06. The second kappa shape index (κ2) is 12.3. The number of rotatable bonds is 7. The predicted molar refractivity (Wildman–Crippen MR) is 169 cm³/mol. The second-order valence-corrected chi connectivity index (χ2v) is 10.9. The van der Waals surface area contributed by atoms with Gasteiger partial charge in [0.05, 0.1) is 27.3 Å². The SMILES string of the molecule is COC(=O)c1c2c(nn1Cc1ccc(OC)cc1)c1nc(N3CCC[C@@H](N)C3)n(Cc3ccccc3Cl)c1c(=O)n2C.Cl. The summed E-state index contributed by atoms with van der Waals surface area (Å²) in [6, 6.07) is 15.0. The first-order valence-electron chi connectivity index (χ1n) is 13.8. The molecule has 0 amide bonds. The highest BCUT2D eigenvalue weighted by molar-refractivity contribution is 6.31. The van der Waals surface area contributed by atoms with Gasteiger partial charge in [-0.2, -0.15) is 5.10 Å². The van der Waals surface area contributed by atoms with Gasteiger partial charge in [0.25, 0.3) is 5.56 Å². The zero-order valence-corrected chi connectivity index (χ0v) is 25.7. The summed E-state index contributed by atoms with van der Waals surface area (Å²) in [6.45, 7) is 1.96. The van der Waals surface area contributed by atoms with Gasteiger partial charge < -0.3 is 29.2 Å². The van der Waals surface area contributed by atoms with Crippen molar-refractivity contribution in [2.75, 3.05) is 32.2 Å². The second-order valence-electron chi connectivity index (χ2n) is 10.5. The van der Waals surface area contributed by atoms with Crippen molar-refractivity contribution in [2.45, 2.75) is 32.0 Å². The number of aromatic nitrogens is 5. The van der Waals surface area contributed by atoms with Crippen LogP contribution in [0.3, 0.4) is 0 Å². The Balaban J connectivity index is 0.00000368. The highest BCUT2D eigenvalue weighted by atomic mass is 35.5. The smallest absolute Gasteiger partial charge is 0.358 e. The average molecular weight is 627 g/mol. The third kappa shape index (κ3) is 5.44. The minimum atomic E-state index is -0.599. The summed E-state index contributed by atoms with van der Waals surface area (Å²) >= 11 is 6.57. The summed E-state index contributed by atoms with van der Waals surface area (Å²) in [5.41, 5.74) is 9.54. The number of carbonyl (C=O) groups excluding carboxylic acids is 1. The van der Waals surface area contributed by atoms with Crippen molar-refractivity contribution < 1.29 is 14.3 Å². The number of imidazole rings is 1. The van der Waals surface area contributed by atoms with E-state index < -0.39 is 5.97 Å². The first-order valence-corrected chi connectivity index (χ1v) is 14.1. The van der Waals surface area contributed by atoms with Crippen LogP contribution in [-0.2, 0) is 24.9 Å². The molecule has 5 aromatic rings. The molecule has 0 bridgehead atoms. The molecule has 6 rings (SSSR count). The van der Waals surface area contributed by atoms with E-state index in [9.17, 15) is 9.59 Å². The predicted octanol–water partition coefficient (Wildman–Crippen LogP) is 3.98. The fourth-order valence-corrected chi connectivity index (χ4v) is 5.91. The number of anilines is 1. The molecule has 2 N–H and O–H groups in total. The van der Waals surface area contributed by atoms with E-state index in [1.54, 1.807) is 18.8 Å². The lowest BCUT2D eigenvalue weighted by molar-refractivity contribution is 0.0589. The van der Waals surface area contributed by atoms with Gasteiger partial charge in [-0.3, -0.25) is 9.48 Å². The molecular formula is C30H33Cl2N7O4. The number of benzene rings is 2. The Morgan fingerprint density at radius 1 is 1.07 bits per heavy atom. The van der Waals surface area contributed by atoms with Crippen LogP contribution in [0.15, 0.2) is 53.3 Å². The number of ether oxygens (including phenoxy) is 2. The number of aryl methyl sites for hydroxylation is 1. The number of pyridine rings is 1. The van der Waals surface area contributed by atoms with Gasteiger partial charge in [-0.05, 0) is 42.2 Å². The van der Waals surface area contributed by atoms with Crippen LogP contribution in [0.4, 0.5) is 5.95 Å². The number of nitrogens with zero attached hydrogens (tertiary/aromatic N) is 6. The van der Waals surface area contributed by atoms with E-state index in [2.05, 4.69) is 4.90 Å². The molecule has 43 heavy (non-hydrogen) atoms. The van der Waals surface area contributed by atoms with Gasteiger partial charge in [0.2, 0.25) is 5.95 Å². The summed E-state index contributed by atoms with van der Waals surface area (Å²) in [5, 5.41) is 5.46. The molecule has 226 valence electrons. The molecule has 13 heteroatoms. The van der Waals surface area contributed by atoms with Crippen molar-refractivity contribution in [3.63, 3.8) is 0 Å². The van der Waals surface area contributed by atoms with Crippen LogP contribution in [0.1, 0.15) is 34.5 Å². The average Bonchev–Trinajstić information content (AvgIpc) is 3.56. The minimum Gasteiger partial charge on any atom is -0.497 e. The van der Waals surface area contributed by atoms with E-state index in [0.717, 1.165) is 36.3 Å². The zero-order chi connectivity index (χ0) is 29.5. The monoisotopic (exact) mass is 625 g/mol. The Morgan fingerprint density at radius 2 is 1.81 bits per heavy atom. The van der Waals surface area contributed by atoms with E-state index >= 15 is 0 Å². The molecule has 0 saturated carbocycles. The first-order chi connectivity index (χ1) is 20.3. The number of fused-ring (bicyclic) bond motifs is 3. The van der Waals surface area contributed by atoms with Crippen molar-refractivity contribution in [2.24, 2.45) is 12.8 Å². The molecule has 1 saturated heterocycles. The van der Waals surface area contributed by atoms with Crippen molar-refractivity contribution in [3.8, 4) is 5.75 Å². The van der Waals surface area contributed by atoms with Gasteiger partial charge in [0, 0.05) is 31.2 Å². The van der Waals surface area contributed by atoms with Gasteiger partial charge in [0.15, 0.2) is 5.69 Å². The normalized spacial score (nSPS) is 15.1. The maximum absolute atomic E-state index is 14.1. The minimum absolute atomic E-state index is 0. The Labute approximate surface area is 259 Å². The molecule has 1 atom stereocenters. The summed E-state index contributed by atoms with van der Waals surface area (Å²) in [5.74, 6) is 0.739. The van der Waals surface area contributed by atoms with Crippen LogP contribution in [0, 0.1) is 0 Å². The number of esters is 1. The van der Waals surface area contributed by atoms with Crippen LogP contribution < -0.4 is 20.9 Å². The standard InChI is InChI=1S/C30H32ClN7O4.ClH/c1-35-25-24(34-38(27(25)29(40)42-3)15-18-10-12-21(41-2)13-11-18)23-26(28(35)39)37(16-19-7-4-5-9-22(19)31)30(33-23)36-14-6-8-20(32)17-36;/h4-5,7,9-13,20H,6,8,14-17,32H2,1-3H3;1H/t20-;/m1./s1. The van der Waals surface area contributed by atoms with Crippen molar-refractivity contribution in [3.05, 3.63) is 80.7 Å². The highest BCUT2D eigenvalue weighted by Crippen LogP contribution is 2.31. The molecule has 0 aliphatic carbocycles. The molecule has 11 nitrogen and oxygen atoms in total. The van der Waals surface area contributed by atoms with E-state index in [4.69, 9.17) is 36.9 Å². The molecule has 0 unspecified atom stereocenters. The Morgan fingerprint density at radius 3 is 2.49 bits per heavy atom. The molecule has 2 aromatic carbocycles. The van der Waals surface area contributed by atoms with E-state index in [1.165, 1.54) is 11.7 Å². The van der Waals surface area contributed by atoms with Gasteiger partial charge in [-0.1, -0.05) is 41.9 Å². The summed E-state index contributed by atoms with van der Waals surface area (Å²) in [7, 11) is 4.55. The first kappa shape index (κ1) is 30.4. The number of piperidine rings is 1. The van der Waals surface area contributed by atoms with Gasteiger partial charge >= 0.3 is 5.97 Å². The lowest BCUT2D eigenvalue weighted by Crippen LogP contribution is -2.44. The molecule has 0 radical (unpaired) electrons. The van der Waals surface area contributed by atoms with Crippen LogP contribution >= 0.6 is 24.0 Å². The van der Waals surface area contributed by atoms with Crippen LogP contribution in [0.25, 0.3) is 22.1 Å². The fraction of sp³-hybridized carbons (Fsp3) is 0.333. The number of carbonyl (C=O) groups is 1. The van der Waals surface area contributed by atoms with E-state index in [-0.39, 0.29) is 36.2 Å². The summed E-state index contributed by atoms with van der Waals surface area (Å²) < 4.78 is 15.4. The van der Waals surface area contributed by atoms with Crippen molar-refractivity contribution >= 4 is 58.0 Å². The Bertz CT molecular complexity index is 1860. The number of nitrogens with two attached hydrogens (primary N) is 1. The third-order valence-corrected chi connectivity index (χ3v) is 8.21. The van der Waals surface area contributed by atoms with Crippen LogP contribution in [-0.4, -0.2) is 63.2 Å². The molecule has 1 aliphatic heterocycles. The number of halogens is 2. The van der Waals surface area contributed by atoms with Gasteiger partial charge in [0.1, 0.15) is 27.8 Å². The van der Waals surface area contributed by atoms with E-state index in [1.807, 2.05) is 53.1 Å². The Kier molecular flexibility index (Phi) is 8.68. The van der Waals surface area contributed by atoms with Crippen LogP contribution in [0.2, 0.25) is 5.02 Å². The maximum Gasteiger partial charge on any atom is 0.358 e. The zero-order valence-electron chi connectivity index (χ0n) is 24.1. The van der Waals surface area contributed by atoms with Crippen LogP contribution in [0.5, 0.6) is 5.75 Å². The molecule has 0 spiro atoms. The van der Waals surface area contributed by atoms with E-state index in [0.29, 0.717) is 46.1 Å². The molecule has 4 heterocycles.